The average Bonchev–Trinajstić information content (AvgIpc) is 1.94. The Bertz CT molecular complexity index is 290. The first-order valence-electron chi connectivity index (χ1n) is 2.90. The Morgan fingerprint density at radius 2 is 2.20 bits per heavy atom. The van der Waals surface area contributed by atoms with E-state index in [1.165, 1.54) is 12.1 Å². The van der Waals surface area contributed by atoms with Crippen LogP contribution < -0.4 is 5.46 Å². The molecule has 0 bridgehead atoms. The molecular formula is C7H5BFN. The molecule has 1 rings (SSSR count). The fourth-order valence-corrected chi connectivity index (χ4v) is 0.725. The van der Waals surface area contributed by atoms with Crippen LogP contribution in [0.5, 0.6) is 0 Å². The number of rotatable bonds is 0. The predicted molar refractivity (Wildman–Crippen MR) is 39.3 cm³/mol. The average molecular weight is 133 g/mol. The summed E-state index contributed by atoms with van der Waals surface area (Å²) in [6, 6.07) is 6.22. The van der Waals surface area contributed by atoms with Crippen molar-refractivity contribution in [3.8, 4) is 6.07 Å². The summed E-state index contributed by atoms with van der Waals surface area (Å²) in [7, 11) is 1.82. The molecule has 0 unspecified atom stereocenters. The second-order valence-electron chi connectivity index (χ2n) is 2.10. The third kappa shape index (κ3) is 1.16. The molecule has 0 heterocycles. The molecule has 0 aliphatic heterocycles. The van der Waals surface area contributed by atoms with Gasteiger partial charge in [0.2, 0.25) is 0 Å². The van der Waals surface area contributed by atoms with Crippen molar-refractivity contribution in [1.82, 2.24) is 0 Å². The number of hydrogen-bond donors (Lipinski definition) is 0. The van der Waals surface area contributed by atoms with Crippen LogP contribution in [0.15, 0.2) is 18.2 Å². The SMILES string of the molecule is Bc1ccc(F)c(C#N)c1. The van der Waals surface area contributed by atoms with Crippen LogP contribution in [0.3, 0.4) is 0 Å². The lowest BCUT2D eigenvalue weighted by molar-refractivity contribution is 0.624. The zero-order valence-electron chi connectivity index (χ0n) is 5.56. The van der Waals surface area contributed by atoms with Gasteiger partial charge in [-0.05, 0) is 12.1 Å². The first-order chi connectivity index (χ1) is 4.74. The molecular weight excluding hydrogens is 128 g/mol. The van der Waals surface area contributed by atoms with E-state index in [9.17, 15) is 4.39 Å². The fourth-order valence-electron chi connectivity index (χ4n) is 0.725. The molecule has 1 aromatic carbocycles. The van der Waals surface area contributed by atoms with Crippen molar-refractivity contribution >= 4 is 13.3 Å². The Kier molecular flexibility index (Phi) is 1.72. The lowest BCUT2D eigenvalue weighted by atomic mass is 9.94. The van der Waals surface area contributed by atoms with Crippen LogP contribution in [0.2, 0.25) is 0 Å². The van der Waals surface area contributed by atoms with Gasteiger partial charge in [-0.25, -0.2) is 4.39 Å². The molecule has 0 amide bonds. The van der Waals surface area contributed by atoms with E-state index >= 15 is 0 Å². The first-order valence-corrected chi connectivity index (χ1v) is 2.90. The third-order valence-corrected chi connectivity index (χ3v) is 1.24. The van der Waals surface area contributed by atoms with Crippen LogP contribution >= 0.6 is 0 Å². The first kappa shape index (κ1) is 6.82. The second kappa shape index (κ2) is 2.53. The van der Waals surface area contributed by atoms with E-state index in [2.05, 4.69) is 0 Å². The number of hydrogen-bond acceptors (Lipinski definition) is 1. The van der Waals surface area contributed by atoms with Gasteiger partial charge < -0.3 is 0 Å². The van der Waals surface area contributed by atoms with Crippen LogP contribution in [0.1, 0.15) is 5.56 Å². The van der Waals surface area contributed by atoms with Gasteiger partial charge >= 0.3 is 0 Å². The maximum Gasteiger partial charge on any atom is 0.140 e. The van der Waals surface area contributed by atoms with Gasteiger partial charge in [-0.1, -0.05) is 11.5 Å². The second-order valence-corrected chi connectivity index (χ2v) is 2.10. The van der Waals surface area contributed by atoms with E-state index in [1.54, 1.807) is 12.1 Å². The standard InChI is InChI=1S/C7H5BFN/c8-6-1-2-7(9)5(3-6)4-10/h1-3H,8H2. The fraction of sp³-hybridized carbons (Fsp3) is 0. The molecule has 0 N–H and O–H groups in total. The molecule has 3 heteroatoms. The van der Waals surface area contributed by atoms with Crippen molar-refractivity contribution in [3.63, 3.8) is 0 Å². The molecule has 0 fully saturated rings. The molecule has 0 aliphatic carbocycles. The summed E-state index contributed by atoms with van der Waals surface area (Å²) in [6.45, 7) is 0. The van der Waals surface area contributed by atoms with Gasteiger partial charge in [0.05, 0.1) is 5.56 Å². The molecule has 0 atom stereocenters. The van der Waals surface area contributed by atoms with Gasteiger partial charge in [-0.15, -0.1) is 0 Å². The highest BCUT2D eigenvalue weighted by molar-refractivity contribution is 6.32. The van der Waals surface area contributed by atoms with Crippen LogP contribution in [0.4, 0.5) is 4.39 Å². The van der Waals surface area contributed by atoms with E-state index in [1.807, 2.05) is 7.85 Å². The monoisotopic (exact) mass is 133 g/mol. The minimum Gasteiger partial charge on any atom is -0.206 e. The smallest absolute Gasteiger partial charge is 0.140 e. The molecule has 0 aliphatic rings. The quantitative estimate of drug-likeness (QED) is 0.455. The molecule has 0 aromatic heterocycles. The Labute approximate surface area is 59.5 Å². The molecule has 0 spiro atoms. The maximum atomic E-state index is 12.5. The zero-order chi connectivity index (χ0) is 7.56. The summed E-state index contributed by atoms with van der Waals surface area (Å²) >= 11 is 0. The van der Waals surface area contributed by atoms with Crippen molar-refractivity contribution in [1.29, 1.82) is 5.26 Å². The predicted octanol–water partition coefficient (Wildman–Crippen LogP) is -0.0442. The molecule has 48 valence electrons. The zero-order valence-corrected chi connectivity index (χ0v) is 5.56. The van der Waals surface area contributed by atoms with Crippen molar-refractivity contribution < 1.29 is 4.39 Å². The minimum atomic E-state index is -0.451. The van der Waals surface area contributed by atoms with E-state index in [0.717, 1.165) is 5.46 Å². The summed E-state index contributed by atoms with van der Waals surface area (Å²) in [6.07, 6.45) is 0. The van der Waals surface area contributed by atoms with E-state index in [4.69, 9.17) is 5.26 Å². The lowest BCUT2D eigenvalue weighted by Gasteiger charge is -1.92. The largest absolute Gasteiger partial charge is 0.206 e. The molecule has 10 heavy (non-hydrogen) atoms. The Morgan fingerprint density at radius 1 is 1.50 bits per heavy atom. The summed E-state index contributed by atoms with van der Waals surface area (Å²) in [5.41, 5.74) is 1.01. The maximum absolute atomic E-state index is 12.5. The normalized spacial score (nSPS) is 8.80. The molecule has 1 nitrogen and oxygen atoms in total. The Hall–Kier alpha value is -1.30. The summed E-state index contributed by atoms with van der Waals surface area (Å²) in [4.78, 5) is 0. The number of halogens is 1. The summed E-state index contributed by atoms with van der Waals surface area (Å²) < 4.78 is 12.5. The van der Waals surface area contributed by atoms with Crippen LogP contribution in [0.25, 0.3) is 0 Å². The van der Waals surface area contributed by atoms with Gasteiger partial charge in [0.15, 0.2) is 0 Å². The van der Waals surface area contributed by atoms with Crippen LogP contribution in [-0.2, 0) is 0 Å². The van der Waals surface area contributed by atoms with Crippen LogP contribution in [-0.4, -0.2) is 7.85 Å². The van der Waals surface area contributed by atoms with Gasteiger partial charge in [-0.3, -0.25) is 0 Å². The van der Waals surface area contributed by atoms with E-state index in [-0.39, 0.29) is 5.56 Å². The van der Waals surface area contributed by atoms with E-state index in [0.29, 0.717) is 0 Å². The molecule has 0 saturated carbocycles. The minimum absolute atomic E-state index is 0.111. The topological polar surface area (TPSA) is 23.8 Å². The molecule has 0 saturated heterocycles. The Morgan fingerprint density at radius 3 is 2.70 bits per heavy atom. The lowest BCUT2D eigenvalue weighted by Crippen LogP contribution is -2.02. The van der Waals surface area contributed by atoms with E-state index < -0.39 is 5.82 Å². The van der Waals surface area contributed by atoms with Crippen molar-refractivity contribution in [3.05, 3.63) is 29.6 Å². The van der Waals surface area contributed by atoms with Crippen LogP contribution in [0, 0.1) is 17.1 Å². The molecule has 1 aromatic rings. The van der Waals surface area contributed by atoms with Gasteiger partial charge in [0.1, 0.15) is 19.7 Å². The Balaban J connectivity index is 3.25. The molecule has 0 radical (unpaired) electrons. The van der Waals surface area contributed by atoms with Gasteiger partial charge in [0, 0.05) is 0 Å². The number of nitrogens with zero attached hydrogens (tertiary/aromatic N) is 1. The highest BCUT2D eigenvalue weighted by Gasteiger charge is 1.98. The summed E-state index contributed by atoms with van der Waals surface area (Å²) in [5, 5.41) is 8.35. The summed E-state index contributed by atoms with van der Waals surface area (Å²) in [5.74, 6) is -0.451. The third-order valence-electron chi connectivity index (χ3n) is 1.24. The number of benzene rings is 1. The number of nitriles is 1. The van der Waals surface area contributed by atoms with Crippen molar-refractivity contribution in [2.24, 2.45) is 0 Å². The highest BCUT2D eigenvalue weighted by Crippen LogP contribution is 2.01. The van der Waals surface area contributed by atoms with Gasteiger partial charge in [0.25, 0.3) is 0 Å². The van der Waals surface area contributed by atoms with Gasteiger partial charge in [-0.2, -0.15) is 5.26 Å². The van der Waals surface area contributed by atoms with Crippen molar-refractivity contribution in [2.45, 2.75) is 0 Å². The highest BCUT2D eigenvalue weighted by atomic mass is 19.1. The van der Waals surface area contributed by atoms with Crippen molar-refractivity contribution in [2.75, 3.05) is 0 Å².